The fourth-order valence-corrected chi connectivity index (χ4v) is 9.81. The summed E-state index contributed by atoms with van der Waals surface area (Å²) in [6, 6.07) is 26.7. The van der Waals surface area contributed by atoms with Crippen LogP contribution >= 0.6 is 22.3 Å². The van der Waals surface area contributed by atoms with Crippen LogP contribution in [-0.4, -0.2) is 63.0 Å². The van der Waals surface area contributed by atoms with Gasteiger partial charge in [0.2, 0.25) is 12.3 Å². The first-order chi connectivity index (χ1) is 21.2. The van der Waals surface area contributed by atoms with Gasteiger partial charge in [-0.1, -0.05) is 34.1 Å². The van der Waals surface area contributed by atoms with Crippen LogP contribution in [0.1, 0.15) is 17.0 Å². The van der Waals surface area contributed by atoms with E-state index in [-0.39, 0.29) is 5.82 Å². The molecule has 1 saturated heterocycles. The molecule has 5 aromatic rings. The van der Waals surface area contributed by atoms with Crippen molar-refractivity contribution in [3.8, 4) is 22.6 Å². The van der Waals surface area contributed by atoms with Gasteiger partial charge < -0.3 is 14.0 Å². The van der Waals surface area contributed by atoms with E-state index in [0.29, 0.717) is 11.7 Å². The molecule has 2 aromatic heterocycles. The molecule has 44 heavy (non-hydrogen) atoms. The van der Waals surface area contributed by atoms with Gasteiger partial charge in [0.15, 0.2) is 5.82 Å². The maximum absolute atomic E-state index is 13.8. The minimum Gasteiger partial charge on any atom is -0.431 e. The van der Waals surface area contributed by atoms with Crippen molar-refractivity contribution in [3.63, 3.8) is 0 Å². The van der Waals surface area contributed by atoms with E-state index in [0.717, 1.165) is 75.5 Å². The second-order valence-electron chi connectivity index (χ2n) is 11.2. The molecule has 1 atom stereocenters. The summed E-state index contributed by atoms with van der Waals surface area (Å²) in [4.78, 5) is 7.47. The summed E-state index contributed by atoms with van der Waals surface area (Å²) in [6.07, 6.45) is -2.89. The highest BCUT2D eigenvalue weighted by molar-refractivity contribution is 9.10. The van der Waals surface area contributed by atoms with Crippen LogP contribution in [0.3, 0.4) is 0 Å². The quantitative estimate of drug-likeness (QED) is 0.184. The van der Waals surface area contributed by atoms with Gasteiger partial charge in [-0.25, -0.2) is 13.7 Å². The molecule has 2 aliphatic heterocycles. The average molecular weight is 690 g/mol. The number of piperazine rings is 1. The number of aromatic nitrogens is 3. The van der Waals surface area contributed by atoms with Crippen LogP contribution < -0.4 is 5.30 Å². The van der Waals surface area contributed by atoms with Crippen molar-refractivity contribution >= 4 is 51.2 Å². The molecule has 224 valence electrons. The molecule has 2 aliphatic rings. The molecule has 0 N–H and O–H groups in total. The van der Waals surface area contributed by atoms with Gasteiger partial charge in [-0.3, -0.25) is 0 Å². The van der Waals surface area contributed by atoms with Crippen LogP contribution in [0.2, 0.25) is 0 Å². The Morgan fingerprint density at radius 2 is 1.57 bits per heavy atom. The Morgan fingerprint density at radius 3 is 2.25 bits per heavy atom. The number of likely N-dealkylation sites (N-methyl/N-ethyl adjacent to an activating group) is 1. The molecule has 0 radical (unpaired) electrons. The molecule has 4 heterocycles. The highest BCUT2D eigenvalue weighted by atomic mass is 79.9. The molecule has 1 unspecified atom stereocenters. The monoisotopic (exact) mass is 688 g/mol. The number of fused-ring (bicyclic) bond motifs is 1. The summed E-state index contributed by atoms with van der Waals surface area (Å²) in [7, 11) is 2.14. The molecule has 11 heteroatoms. The molecular formula is C33H31BrFN6OPS. The molecule has 0 bridgehead atoms. The van der Waals surface area contributed by atoms with Gasteiger partial charge in [0, 0.05) is 58.9 Å². The van der Waals surface area contributed by atoms with Crippen LogP contribution in [-0.2, 0) is 16.3 Å². The Bertz CT molecular complexity index is 1930. The molecule has 0 spiro atoms. The van der Waals surface area contributed by atoms with E-state index in [2.05, 4.69) is 57.0 Å². The predicted octanol–water partition coefficient (Wildman–Crippen LogP) is 7.14. The molecule has 7 nitrogen and oxygen atoms in total. The van der Waals surface area contributed by atoms with Crippen molar-refractivity contribution in [2.24, 2.45) is 4.99 Å². The number of nitrogens with zero attached hydrogens (tertiary/aromatic N) is 6. The molecule has 0 aliphatic carbocycles. The Balaban J connectivity index is 1.50. The molecule has 0 amide bonds. The van der Waals surface area contributed by atoms with Gasteiger partial charge in [0.25, 0.3) is 0 Å². The molecule has 7 rings (SSSR count). The summed E-state index contributed by atoms with van der Waals surface area (Å²) in [5, 5.41) is 6.14. The van der Waals surface area contributed by atoms with Crippen molar-refractivity contribution in [2.45, 2.75) is 13.8 Å². The summed E-state index contributed by atoms with van der Waals surface area (Å²) >= 11 is 10.3. The maximum Gasteiger partial charge on any atom is 0.227 e. The number of hydrogen-bond donors (Lipinski definition) is 0. The summed E-state index contributed by atoms with van der Waals surface area (Å²) in [5.74, 6) is 0.938. The second-order valence-corrected chi connectivity index (χ2v) is 15.8. The highest BCUT2D eigenvalue weighted by Crippen LogP contribution is 2.58. The zero-order chi connectivity index (χ0) is 30.6. The van der Waals surface area contributed by atoms with Gasteiger partial charge in [-0.2, -0.15) is 10.1 Å². The van der Waals surface area contributed by atoms with Crippen LogP contribution in [0, 0.1) is 19.7 Å². The summed E-state index contributed by atoms with van der Waals surface area (Å²) in [6.45, 7) is 7.47. The van der Waals surface area contributed by atoms with E-state index in [1.54, 1.807) is 12.1 Å². The number of para-hydroxylation sites is 1. The molecule has 3 aromatic carbocycles. The van der Waals surface area contributed by atoms with Crippen molar-refractivity contribution in [2.75, 3.05) is 33.2 Å². The average Bonchev–Trinajstić information content (AvgIpc) is 3.56. The van der Waals surface area contributed by atoms with Crippen molar-refractivity contribution < 1.29 is 8.91 Å². The number of halogens is 2. The minimum atomic E-state index is -2.89. The fraction of sp³-hybridized carbons (Fsp3) is 0.212. The Kier molecular flexibility index (Phi) is 7.67. The van der Waals surface area contributed by atoms with Crippen molar-refractivity contribution in [3.05, 3.63) is 112 Å². The van der Waals surface area contributed by atoms with Gasteiger partial charge in [-0.15, -0.1) is 0 Å². The number of aryl methyl sites for hydroxylation is 1. The van der Waals surface area contributed by atoms with E-state index in [4.69, 9.17) is 26.4 Å². The lowest BCUT2D eigenvalue weighted by Gasteiger charge is -2.41. The molecule has 0 saturated carbocycles. The van der Waals surface area contributed by atoms with Crippen LogP contribution in [0.25, 0.3) is 22.6 Å². The first kappa shape index (κ1) is 29.3. The number of benzene rings is 3. The fourth-order valence-electron chi connectivity index (χ4n) is 5.93. The SMILES string of the molecule is Cc1cc(-c2nn(-c3ccccc3)c3c2P(=S)(N2CCN(C)CC2)OC(c2ccc(Br)cc2)=N3)c(C)n1-c1ccc(F)cc1. The smallest absolute Gasteiger partial charge is 0.227 e. The number of hydrogen-bond acceptors (Lipinski definition) is 5. The second kappa shape index (κ2) is 11.5. The highest BCUT2D eigenvalue weighted by Gasteiger charge is 2.44. The molecular weight excluding hydrogens is 658 g/mol. The first-order valence-corrected chi connectivity index (χ1v) is 17.9. The van der Waals surface area contributed by atoms with E-state index in [9.17, 15) is 4.39 Å². The topological polar surface area (TPSA) is 50.8 Å². The lowest BCUT2D eigenvalue weighted by molar-refractivity contribution is 0.221. The van der Waals surface area contributed by atoms with Gasteiger partial charge in [0.05, 0.1) is 5.69 Å². The standard InChI is InChI=1S/C33H31BrFN6OPS/c1-22-21-29(23(2)40(22)27-15-13-26(35)14-16-27)30-31-32(41(37-30)28-7-5-4-6-8-28)36-33(24-9-11-25(34)12-10-24)42-43(31,44)39-19-17-38(3)18-20-39/h4-16,21H,17-20H2,1-3H3. The number of aliphatic imine (C=N–C) groups is 1. The van der Waals surface area contributed by atoms with E-state index >= 15 is 0 Å². The third-order valence-electron chi connectivity index (χ3n) is 8.25. The molecule has 1 fully saturated rings. The normalized spacial score (nSPS) is 19.0. The largest absolute Gasteiger partial charge is 0.431 e. The predicted molar refractivity (Wildman–Crippen MR) is 182 cm³/mol. The number of rotatable bonds is 5. The Labute approximate surface area is 269 Å². The zero-order valence-electron chi connectivity index (χ0n) is 24.6. The third kappa shape index (κ3) is 5.08. The Hall–Kier alpha value is -3.40. The third-order valence-corrected chi connectivity index (χ3v) is 12.8. The lowest BCUT2D eigenvalue weighted by Crippen LogP contribution is -2.45. The van der Waals surface area contributed by atoms with E-state index in [1.165, 1.54) is 12.1 Å². The maximum atomic E-state index is 13.8. The van der Waals surface area contributed by atoms with Crippen molar-refractivity contribution in [1.82, 2.24) is 23.9 Å². The van der Waals surface area contributed by atoms with Crippen molar-refractivity contribution in [1.29, 1.82) is 0 Å². The minimum absolute atomic E-state index is 0.267. The van der Waals surface area contributed by atoms with Crippen LogP contribution in [0.15, 0.2) is 94.4 Å². The van der Waals surface area contributed by atoms with E-state index < -0.39 is 6.42 Å². The Morgan fingerprint density at radius 1 is 0.886 bits per heavy atom. The van der Waals surface area contributed by atoms with Crippen LogP contribution in [0.5, 0.6) is 0 Å². The first-order valence-electron chi connectivity index (χ1n) is 14.5. The van der Waals surface area contributed by atoms with Gasteiger partial charge in [0.1, 0.15) is 16.8 Å². The van der Waals surface area contributed by atoms with Crippen LogP contribution in [0.4, 0.5) is 10.2 Å². The zero-order valence-corrected chi connectivity index (χ0v) is 27.9. The van der Waals surface area contributed by atoms with Gasteiger partial charge >= 0.3 is 0 Å². The van der Waals surface area contributed by atoms with Gasteiger partial charge in [-0.05, 0) is 99.4 Å². The lowest BCUT2D eigenvalue weighted by atomic mass is 10.2. The van der Waals surface area contributed by atoms with E-state index in [1.807, 2.05) is 59.3 Å². The summed E-state index contributed by atoms with van der Waals surface area (Å²) in [5.41, 5.74) is 6.35. The summed E-state index contributed by atoms with van der Waals surface area (Å²) < 4.78 is 28.1.